The van der Waals surface area contributed by atoms with E-state index in [0.717, 1.165) is 99.4 Å². The number of fused-ring (bicyclic) bond motifs is 10. The topological polar surface area (TPSA) is 53.5 Å². The minimum absolute atomic E-state index is 0.534. The van der Waals surface area contributed by atoms with Gasteiger partial charge < -0.3 is 9.13 Å². The highest BCUT2D eigenvalue weighted by Gasteiger charge is 2.27. The molecule has 0 atom stereocenters. The van der Waals surface area contributed by atoms with Crippen molar-refractivity contribution >= 4 is 65.4 Å². The second-order valence-electron chi connectivity index (χ2n) is 19.2. The number of hydrogen-bond donors (Lipinski definition) is 0. The number of rotatable bonds is 8. The fourth-order valence-corrected chi connectivity index (χ4v) is 11.5. The van der Waals surface area contributed by atoms with Crippen LogP contribution in [0.2, 0.25) is 0 Å². The molecule has 0 bridgehead atoms. The van der Waals surface area contributed by atoms with E-state index in [0.29, 0.717) is 17.6 Å². The van der Waals surface area contributed by atoms with Crippen LogP contribution in [0.25, 0.3) is 139 Å². The second-order valence-corrected chi connectivity index (χ2v) is 19.2. The molecule has 0 saturated heterocycles. The lowest BCUT2D eigenvalue weighted by molar-refractivity contribution is 0.953. The van der Waals surface area contributed by atoms with Crippen LogP contribution in [0.5, 0.6) is 0 Å². The van der Waals surface area contributed by atoms with E-state index in [1.165, 1.54) is 21.9 Å². The average molecular weight is 957 g/mol. The first kappa shape index (κ1) is 42.5. The van der Waals surface area contributed by atoms with E-state index in [2.05, 4.69) is 262 Å². The monoisotopic (exact) mass is 956 g/mol. The van der Waals surface area contributed by atoms with Gasteiger partial charge in [0, 0.05) is 49.1 Å². The Morgan fingerprint density at radius 2 is 0.627 bits per heavy atom. The van der Waals surface area contributed by atoms with Gasteiger partial charge in [0.1, 0.15) is 0 Å². The van der Waals surface area contributed by atoms with Gasteiger partial charge in [-0.1, -0.05) is 224 Å². The van der Waals surface area contributed by atoms with Crippen molar-refractivity contribution in [2.45, 2.75) is 0 Å². The molecular formula is C69H44N6. The van der Waals surface area contributed by atoms with Crippen molar-refractivity contribution in [3.05, 3.63) is 267 Å². The maximum absolute atomic E-state index is 5.52. The van der Waals surface area contributed by atoms with E-state index >= 15 is 0 Å². The van der Waals surface area contributed by atoms with Gasteiger partial charge in [-0.3, -0.25) is 4.57 Å². The normalized spacial score (nSPS) is 11.7. The summed E-state index contributed by atoms with van der Waals surface area (Å²) >= 11 is 0. The van der Waals surface area contributed by atoms with Crippen LogP contribution in [0.4, 0.5) is 0 Å². The van der Waals surface area contributed by atoms with E-state index in [4.69, 9.17) is 15.0 Å². The lowest BCUT2D eigenvalue weighted by Crippen LogP contribution is -2.07. The molecule has 0 aliphatic rings. The molecule has 0 fully saturated rings. The van der Waals surface area contributed by atoms with Crippen molar-refractivity contribution in [2.24, 2.45) is 0 Å². The number of benzene rings is 11. The van der Waals surface area contributed by atoms with Crippen LogP contribution in [0.3, 0.4) is 0 Å². The zero-order valence-electron chi connectivity index (χ0n) is 40.6. The Kier molecular flexibility index (Phi) is 9.78. The molecule has 4 heterocycles. The summed E-state index contributed by atoms with van der Waals surface area (Å²) in [5.41, 5.74) is 17.3. The second kappa shape index (κ2) is 17.3. The molecule has 6 nitrogen and oxygen atoms in total. The molecule has 0 unspecified atom stereocenters. The lowest BCUT2D eigenvalue weighted by Gasteiger charge is -2.16. The van der Waals surface area contributed by atoms with Crippen LogP contribution < -0.4 is 0 Å². The minimum atomic E-state index is 0.534. The fraction of sp³-hybridized carbons (Fsp3) is 0. The van der Waals surface area contributed by atoms with Crippen molar-refractivity contribution in [2.75, 3.05) is 0 Å². The Labute approximate surface area is 432 Å². The zero-order valence-corrected chi connectivity index (χ0v) is 40.6. The van der Waals surface area contributed by atoms with Crippen LogP contribution in [0.1, 0.15) is 0 Å². The van der Waals surface area contributed by atoms with Crippen LogP contribution in [-0.2, 0) is 0 Å². The van der Waals surface area contributed by atoms with Crippen molar-refractivity contribution in [1.82, 2.24) is 28.7 Å². The molecule has 0 radical (unpaired) electrons. The molecule has 0 saturated carbocycles. The Hall–Kier alpha value is -10.2. The van der Waals surface area contributed by atoms with E-state index in [1.54, 1.807) is 0 Å². The summed E-state index contributed by atoms with van der Waals surface area (Å²) in [7, 11) is 0. The predicted octanol–water partition coefficient (Wildman–Crippen LogP) is 17.5. The molecule has 0 aliphatic heterocycles. The first-order valence-electron chi connectivity index (χ1n) is 25.4. The van der Waals surface area contributed by atoms with Gasteiger partial charge in [0.2, 0.25) is 5.95 Å². The highest BCUT2D eigenvalue weighted by molar-refractivity contribution is 6.27. The van der Waals surface area contributed by atoms with Crippen LogP contribution in [0.15, 0.2) is 267 Å². The van der Waals surface area contributed by atoms with E-state index in [9.17, 15) is 0 Å². The quantitative estimate of drug-likeness (QED) is 0.152. The zero-order chi connectivity index (χ0) is 49.4. The van der Waals surface area contributed by atoms with E-state index in [-0.39, 0.29) is 0 Å². The molecule has 0 amide bonds. The summed E-state index contributed by atoms with van der Waals surface area (Å²) < 4.78 is 7.24. The van der Waals surface area contributed by atoms with E-state index < -0.39 is 0 Å². The molecule has 350 valence electrons. The highest BCUT2D eigenvalue weighted by Crippen LogP contribution is 2.47. The smallest absolute Gasteiger partial charge is 0.238 e. The number of nitrogens with zero attached hydrogens (tertiary/aromatic N) is 6. The molecule has 4 aromatic heterocycles. The Balaban J connectivity index is 1.03. The Bertz CT molecular complexity index is 4610. The summed E-state index contributed by atoms with van der Waals surface area (Å²) in [6.07, 6.45) is 0. The third-order valence-corrected chi connectivity index (χ3v) is 14.9. The van der Waals surface area contributed by atoms with Gasteiger partial charge in [0.25, 0.3) is 0 Å². The Morgan fingerprint density at radius 1 is 0.240 bits per heavy atom. The lowest BCUT2D eigenvalue weighted by atomic mass is 9.99. The maximum atomic E-state index is 5.52. The molecule has 0 aliphatic carbocycles. The van der Waals surface area contributed by atoms with Gasteiger partial charge in [-0.25, -0.2) is 4.98 Å². The molecule has 15 rings (SSSR count). The minimum Gasteiger partial charge on any atom is -0.309 e. The fourth-order valence-electron chi connectivity index (χ4n) is 11.5. The number of aromatic nitrogens is 6. The van der Waals surface area contributed by atoms with Gasteiger partial charge in [-0.05, 0) is 75.8 Å². The van der Waals surface area contributed by atoms with Crippen molar-refractivity contribution < 1.29 is 0 Å². The summed E-state index contributed by atoms with van der Waals surface area (Å²) in [6.45, 7) is 0. The Morgan fingerprint density at radius 3 is 1.17 bits per heavy atom. The van der Waals surface area contributed by atoms with Crippen molar-refractivity contribution in [3.63, 3.8) is 0 Å². The summed E-state index contributed by atoms with van der Waals surface area (Å²) in [6, 6.07) is 95.3. The predicted molar refractivity (Wildman–Crippen MR) is 310 cm³/mol. The van der Waals surface area contributed by atoms with Crippen LogP contribution >= 0.6 is 0 Å². The number of hydrogen-bond acceptors (Lipinski definition) is 3. The maximum Gasteiger partial charge on any atom is 0.238 e. The van der Waals surface area contributed by atoms with Crippen LogP contribution in [0, 0.1) is 0 Å². The van der Waals surface area contributed by atoms with Crippen molar-refractivity contribution in [3.8, 4) is 73.5 Å². The van der Waals surface area contributed by atoms with Gasteiger partial charge in [0.15, 0.2) is 11.6 Å². The van der Waals surface area contributed by atoms with E-state index in [1.807, 2.05) is 18.2 Å². The largest absolute Gasteiger partial charge is 0.309 e. The first-order valence-corrected chi connectivity index (χ1v) is 25.4. The third-order valence-electron chi connectivity index (χ3n) is 14.9. The molecule has 0 spiro atoms. The summed E-state index contributed by atoms with van der Waals surface area (Å²) in [5, 5.41) is 6.88. The number of para-hydroxylation sites is 4. The molecule has 0 N–H and O–H groups in total. The summed E-state index contributed by atoms with van der Waals surface area (Å²) in [5.74, 6) is 1.72. The molecule has 15 aromatic rings. The summed E-state index contributed by atoms with van der Waals surface area (Å²) in [4.78, 5) is 16.2. The third kappa shape index (κ3) is 6.92. The molecule has 6 heteroatoms. The molecule has 75 heavy (non-hydrogen) atoms. The average Bonchev–Trinajstić information content (AvgIpc) is 4.14. The van der Waals surface area contributed by atoms with Crippen molar-refractivity contribution in [1.29, 1.82) is 0 Å². The molecular weight excluding hydrogens is 913 g/mol. The highest BCUT2D eigenvalue weighted by atomic mass is 15.2. The van der Waals surface area contributed by atoms with Gasteiger partial charge >= 0.3 is 0 Å². The molecule has 11 aromatic carbocycles. The van der Waals surface area contributed by atoms with Gasteiger partial charge in [-0.15, -0.1) is 0 Å². The SMILES string of the molecule is c1ccc(-c2ccc(-c3ccc(-c4nc(-c5ccccc5)nc(-n5c6ccccc6c6cc(-n7c8ccccc8c8ccccc87)c7c8ccccc8n(-c8cccc(-c9ccccc9)c8)c7c65)n4)cc3)cc2)cc1. The van der Waals surface area contributed by atoms with Gasteiger partial charge in [-0.2, -0.15) is 9.97 Å². The first-order chi connectivity index (χ1) is 37.2. The van der Waals surface area contributed by atoms with Gasteiger partial charge in [0.05, 0.1) is 38.8 Å². The van der Waals surface area contributed by atoms with Crippen LogP contribution in [-0.4, -0.2) is 28.7 Å². The standard InChI is InChI=1S/C69H44N6/c1-4-19-45(20-5-1)47-35-37-48(38-36-47)49-39-41-51(42-40-49)68-70-67(50-23-8-3-9-24-50)71-69(72-68)75-61-33-16-12-29-56(61)58-44-63(74-59-31-14-10-27-54(59)55-28-11-15-32-60(55)74)64-57-30-13-17-34-62(57)73(66(64)65(58)75)53-26-18-25-52(43-53)46-21-6-2-7-22-46/h1-44H.